The monoisotopic (exact) mass is 631 g/mol. The number of carbonyl (C=O) groups is 3. The maximum atomic E-state index is 12.9. The van der Waals surface area contributed by atoms with Crippen LogP contribution in [0.15, 0.2) is 53.4 Å². The number of carbonyl (C=O) groups excluding carboxylic acids is 3. The molecule has 0 radical (unpaired) electrons. The van der Waals surface area contributed by atoms with Crippen molar-refractivity contribution in [3.8, 4) is 0 Å². The number of ether oxygens (including phenoxy) is 2. The third-order valence-electron chi connectivity index (χ3n) is 6.34. The van der Waals surface area contributed by atoms with Crippen LogP contribution in [0.1, 0.15) is 63.9 Å². The molecule has 0 spiro atoms. The Morgan fingerprint density at radius 1 is 0.886 bits per heavy atom. The van der Waals surface area contributed by atoms with E-state index in [4.69, 9.17) is 9.47 Å². The molecule has 2 aromatic carbocycles. The van der Waals surface area contributed by atoms with Crippen LogP contribution in [0.2, 0.25) is 0 Å². The Morgan fingerprint density at radius 2 is 1.48 bits per heavy atom. The molecule has 12 nitrogen and oxygen atoms in total. The molecule has 1 heterocycles. The van der Waals surface area contributed by atoms with Crippen LogP contribution >= 0.6 is 0 Å². The average Bonchev–Trinajstić information content (AvgIpc) is 2.94. The number of alkyl carbamates (subject to hydrolysis) is 1. The van der Waals surface area contributed by atoms with Crippen LogP contribution in [0.5, 0.6) is 0 Å². The zero-order chi connectivity index (χ0) is 32.5. The molecule has 44 heavy (non-hydrogen) atoms. The average molecular weight is 632 g/mol. The summed E-state index contributed by atoms with van der Waals surface area (Å²) >= 11 is 0. The lowest BCUT2D eigenvalue weighted by atomic mass is 10.1. The molecule has 3 rings (SSSR count). The first-order chi connectivity index (χ1) is 20.5. The second-order valence-corrected chi connectivity index (χ2v) is 14.5. The van der Waals surface area contributed by atoms with Crippen molar-refractivity contribution < 1.29 is 32.3 Å². The van der Waals surface area contributed by atoms with E-state index in [0.717, 1.165) is 5.56 Å². The maximum Gasteiger partial charge on any atom is 0.410 e. The van der Waals surface area contributed by atoms with E-state index in [1.807, 2.05) is 0 Å². The number of rotatable bonds is 10. The van der Waals surface area contributed by atoms with Crippen molar-refractivity contribution in [2.45, 2.75) is 70.6 Å². The zero-order valence-corrected chi connectivity index (χ0v) is 27.3. The van der Waals surface area contributed by atoms with Crippen molar-refractivity contribution in [2.24, 2.45) is 0 Å². The normalized spacial score (nSPS) is 14.4. The van der Waals surface area contributed by atoms with Crippen LogP contribution in [0, 0.1) is 0 Å². The van der Waals surface area contributed by atoms with Crippen molar-refractivity contribution in [3.05, 3.63) is 59.7 Å². The second kappa shape index (κ2) is 14.9. The Hall–Kier alpha value is -3.68. The fourth-order valence-corrected chi connectivity index (χ4v) is 5.71. The molecule has 0 aromatic heterocycles. The quantitative estimate of drug-likeness (QED) is 0.331. The van der Waals surface area contributed by atoms with E-state index in [1.165, 1.54) is 16.4 Å². The van der Waals surface area contributed by atoms with Gasteiger partial charge in [0.1, 0.15) is 11.2 Å². The van der Waals surface area contributed by atoms with E-state index >= 15 is 0 Å². The SMILES string of the molecule is CC(C)(C)OC(=O)NCCCN(Cc1ccc(C(=O)Nc2ccc(S(=O)(=O)N3CCNCC3)cc2)cc1)C(=O)OC(C)(C)C. The summed E-state index contributed by atoms with van der Waals surface area (Å²) in [6, 6.07) is 12.9. The molecule has 1 aliphatic heterocycles. The molecule has 0 bridgehead atoms. The molecular weight excluding hydrogens is 586 g/mol. The Bertz CT molecular complexity index is 1380. The predicted molar refractivity (Wildman–Crippen MR) is 168 cm³/mol. The number of amides is 3. The van der Waals surface area contributed by atoms with Gasteiger partial charge in [-0.05, 0) is 89.9 Å². The summed E-state index contributed by atoms with van der Waals surface area (Å²) < 4.78 is 38.0. The zero-order valence-electron chi connectivity index (χ0n) is 26.4. The van der Waals surface area contributed by atoms with Crippen LogP contribution in [0.25, 0.3) is 0 Å². The van der Waals surface area contributed by atoms with E-state index in [2.05, 4.69) is 16.0 Å². The van der Waals surface area contributed by atoms with Crippen molar-refractivity contribution in [3.63, 3.8) is 0 Å². The van der Waals surface area contributed by atoms with Crippen LogP contribution in [-0.4, -0.2) is 86.2 Å². The number of hydrogen-bond acceptors (Lipinski definition) is 8. The fraction of sp³-hybridized carbons (Fsp3) is 0.516. The van der Waals surface area contributed by atoms with Crippen LogP contribution in [0.3, 0.4) is 0 Å². The number of hydrogen-bond donors (Lipinski definition) is 3. The van der Waals surface area contributed by atoms with E-state index in [0.29, 0.717) is 56.9 Å². The number of piperazine rings is 1. The second-order valence-electron chi connectivity index (χ2n) is 12.5. The highest BCUT2D eigenvalue weighted by Crippen LogP contribution is 2.20. The third-order valence-corrected chi connectivity index (χ3v) is 8.25. The van der Waals surface area contributed by atoms with Crippen LogP contribution in [0.4, 0.5) is 15.3 Å². The van der Waals surface area contributed by atoms with Crippen LogP contribution < -0.4 is 16.0 Å². The van der Waals surface area contributed by atoms with Crippen molar-refractivity contribution in [1.82, 2.24) is 19.8 Å². The third kappa shape index (κ3) is 11.1. The van der Waals surface area contributed by atoms with Gasteiger partial charge in [-0.2, -0.15) is 4.31 Å². The lowest BCUT2D eigenvalue weighted by Crippen LogP contribution is -2.46. The van der Waals surface area contributed by atoms with Gasteiger partial charge in [0.25, 0.3) is 5.91 Å². The standard InChI is InChI=1S/C31H45N5O7S/c1-30(2,3)42-28(38)33-16-7-19-35(29(39)43-31(4,5)6)22-23-8-10-24(11-9-23)27(37)34-25-12-14-26(15-13-25)44(40,41)36-20-17-32-18-21-36/h8-15,32H,7,16-22H2,1-6H3,(H,33,38)(H,34,37). The molecule has 3 N–H and O–H groups in total. The molecule has 0 atom stereocenters. The van der Waals surface area contributed by atoms with E-state index in [1.54, 1.807) is 82.8 Å². The molecule has 0 saturated carbocycles. The summed E-state index contributed by atoms with van der Waals surface area (Å²) in [5, 5.41) is 8.62. The predicted octanol–water partition coefficient (Wildman–Crippen LogP) is 4.18. The summed E-state index contributed by atoms with van der Waals surface area (Å²) in [5.74, 6) is -0.355. The molecule has 3 amide bonds. The van der Waals surface area contributed by atoms with Gasteiger partial charge in [0.05, 0.1) is 4.90 Å². The Kier molecular flexibility index (Phi) is 11.8. The lowest BCUT2D eigenvalue weighted by Gasteiger charge is -2.27. The van der Waals surface area contributed by atoms with Crippen molar-refractivity contribution in [2.75, 3.05) is 44.6 Å². The Labute approximate surface area is 260 Å². The highest BCUT2D eigenvalue weighted by atomic mass is 32.2. The molecule has 0 aliphatic carbocycles. The first-order valence-electron chi connectivity index (χ1n) is 14.7. The van der Waals surface area contributed by atoms with Gasteiger partial charge in [0, 0.05) is 57.1 Å². The lowest BCUT2D eigenvalue weighted by molar-refractivity contribution is 0.0231. The topological polar surface area (TPSA) is 146 Å². The van der Waals surface area contributed by atoms with Gasteiger partial charge < -0.3 is 30.3 Å². The summed E-state index contributed by atoms with van der Waals surface area (Å²) in [7, 11) is -3.59. The highest BCUT2D eigenvalue weighted by Gasteiger charge is 2.26. The van der Waals surface area contributed by atoms with Gasteiger partial charge in [-0.25, -0.2) is 18.0 Å². The van der Waals surface area contributed by atoms with Gasteiger partial charge in [0.15, 0.2) is 0 Å². The maximum absolute atomic E-state index is 12.9. The Balaban J connectivity index is 1.59. The largest absolute Gasteiger partial charge is 0.444 e. The minimum atomic E-state index is -3.59. The molecule has 0 unspecified atom stereocenters. The summed E-state index contributed by atoms with van der Waals surface area (Å²) in [6.07, 6.45) is -0.528. The summed E-state index contributed by atoms with van der Waals surface area (Å²) in [4.78, 5) is 39.5. The number of nitrogens with zero attached hydrogens (tertiary/aromatic N) is 2. The molecule has 1 aliphatic rings. The molecule has 242 valence electrons. The summed E-state index contributed by atoms with van der Waals surface area (Å²) in [5.41, 5.74) is 0.370. The molecular formula is C31H45N5O7S. The number of sulfonamides is 1. The first kappa shape index (κ1) is 34.8. The van der Waals surface area contributed by atoms with Crippen molar-refractivity contribution >= 4 is 33.8 Å². The first-order valence-corrected chi connectivity index (χ1v) is 16.1. The summed E-state index contributed by atoms with van der Waals surface area (Å²) in [6.45, 7) is 13.7. The highest BCUT2D eigenvalue weighted by molar-refractivity contribution is 7.89. The molecule has 1 fully saturated rings. The molecule has 13 heteroatoms. The smallest absolute Gasteiger partial charge is 0.410 e. The van der Waals surface area contributed by atoms with Crippen molar-refractivity contribution in [1.29, 1.82) is 0 Å². The number of anilines is 1. The Morgan fingerprint density at radius 3 is 2.05 bits per heavy atom. The van der Waals surface area contributed by atoms with E-state index in [-0.39, 0.29) is 17.3 Å². The van der Waals surface area contributed by atoms with Gasteiger partial charge in [-0.3, -0.25) is 4.79 Å². The number of nitrogens with one attached hydrogen (secondary N) is 3. The molecule has 2 aromatic rings. The van der Waals surface area contributed by atoms with Gasteiger partial charge >= 0.3 is 12.2 Å². The van der Waals surface area contributed by atoms with E-state index < -0.39 is 33.4 Å². The number of benzene rings is 2. The minimum absolute atomic E-state index is 0.178. The van der Waals surface area contributed by atoms with Gasteiger partial charge in [-0.15, -0.1) is 0 Å². The fourth-order valence-electron chi connectivity index (χ4n) is 4.27. The molecule has 1 saturated heterocycles. The van der Waals surface area contributed by atoms with Crippen LogP contribution in [-0.2, 0) is 26.0 Å². The van der Waals surface area contributed by atoms with Gasteiger partial charge in [0.2, 0.25) is 10.0 Å². The van der Waals surface area contributed by atoms with Gasteiger partial charge in [-0.1, -0.05) is 12.1 Å². The van der Waals surface area contributed by atoms with E-state index in [9.17, 15) is 22.8 Å². The minimum Gasteiger partial charge on any atom is -0.444 e.